The van der Waals surface area contributed by atoms with Gasteiger partial charge >= 0.3 is 0 Å². The summed E-state index contributed by atoms with van der Waals surface area (Å²) in [5, 5.41) is 16.7. The molecule has 2 atom stereocenters. The van der Waals surface area contributed by atoms with Gasteiger partial charge in [-0.25, -0.2) is 0 Å². The molecule has 0 fully saturated rings. The second kappa shape index (κ2) is 9.82. The number of hydrogen-bond acceptors (Lipinski definition) is 4. The molecule has 0 saturated heterocycles. The van der Waals surface area contributed by atoms with Crippen LogP contribution in [0.2, 0.25) is 0 Å². The van der Waals surface area contributed by atoms with Crippen molar-refractivity contribution in [2.75, 3.05) is 0 Å². The summed E-state index contributed by atoms with van der Waals surface area (Å²) in [5.74, 6) is -0.428. The topological polar surface area (TPSA) is 101 Å². The Morgan fingerprint density at radius 1 is 1.03 bits per heavy atom. The number of hydrogen-bond donors (Lipinski definition) is 2. The Morgan fingerprint density at radius 3 is 2.34 bits per heavy atom. The van der Waals surface area contributed by atoms with Crippen LogP contribution in [0.25, 0.3) is 0 Å². The molecule has 2 aromatic rings. The van der Waals surface area contributed by atoms with Gasteiger partial charge in [0.25, 0.3) is 11.6 Å². The summed E-state index contributed by atoms with van der Waals surface area (Å²) in [6.45, 7) is 7.55. The number of rotatable bonds is 8. The van der Waals surface area contributed by atoms with E-state index in [0.717, 1.165) is 5.56 Å². The minimum absolute atomic E-state index is 0.0322. The Kier molecular flexibility index (Phi) is 7.47. The predicted molar refractivity (Wildman–Crippen MR) is 112 cm³/mol. The van der Waals surface area contributed by atoms with Crippen molar-refractivity contribution in [3.63, 3.8) is 0 Å². The number of non-ortho nitro benzene ring substituents is 1. The first-order chi connectivity index (χ1) is 13.7. The van der Waals surface area contributed by atoms with E-state index in [9.17, 15) is 19.7 Å². The van der Waals surface area contributed by atoms with E-state index in [1.54, 1.807) is 31.2 Å². The number of nitrogens with zero attached hydrogens (tertiary/aromatic N) is 1. The molecule has 2 rings (SSSR count). The molecule has 0 saturated carbocycles. The Labute approximate surface area is 170 Å². The van der Waals surface area contributed by atoms with Crippen LogP contribution in [0.1, 0.15) is 54.7 Å². The van der Waals surface area contributed by atoms with Gasteiger partial charge < -0.3 is 10.6 Å². The van der Waals surface area contributed by atoms with E-state index in [0.29, 0.717) is 17.5 Å². The first kappa shape index (κ1) is 22.1. The second-order valence-electron chi connectivity index (χ2n) is 7.55. The van der Waals surface area contributed by atoms with Crippen molar-refractivity contribution in [3.05, 3.63) is 75.3 Å². The summed E-state index contributed by atoms with van der Waals surface area (Å²) < 4.78 is 0. The SMILES string of the molecule is Cc1ccccc1C(=O)NC(CC(C)C)C(=O)NC(C)c1cccc([N+](=O)[O-])c1. The number of nitro benzene ring substituents is 1. The van der Waals surface area contributed by atoms with Gasteiger partial charge in [0.15, 0.2) is 0 Å². The lowest BCUT2D eigenvalue weighted by atomic mass is 10.0. The fourth-order valence-electron chi connectivity index (χ4n) is 3.07. The van der Waals surface area contributed by atoms with Gasteiger partial charge in [-0.1, -0.05) is 44.2 Å². The van der Waals surface area contributed by atoms with Gasteiger partial charge in [-0.3, -0.25) is 19.7 Å². The molecule has 7 nitrogen and oxygen atoms in total. The highest BCUT2D eigenvalue weighted by Gasteiger charge is 2.25. The van der Waals surface area contributed by atoms with Gasteiger partial charge in [-0.2, -0.15) is 0 Å². The van der Waals surface area contributed by atoms with Crippen LogP contribution in [0.4, 0.5) is 5.69 Å². The molecular formula is C22H27N3O4. The Bertz CT molecular complexity index is 895. The van der Waals surface area contributed by atoms with Gasteiger partial charge in [0.2, 0.25) is 5.91 Å². The number of aryl methyl sites for hydroxylation is 1. The van der Waals surface area contributed by atoms with E-state index in [-0.39, 0.29) is 23.4 Å². The van der Waals surface area contributed by atoms with Crippen molar-refractivity contribution < 1.29 is 14.5 Å². The highest BCUT2D eigenvalue weighted by Crippen LogP contribution is 2.19. The van der Waals surface area contributed by atoms with Crippen LogP contribution in [0, 0.1) is 23.0 Å². The average molecular weight is 397 g/mol. The molecule has 0 heterocycles. The van der Waals surface area contributed by atoms with Crippen LogP contribution in [-0.4, -0.2) is 22.8 Å². The van der Waals surface area contributed by atoms with Crippen molar-refractivity contribution in [1.82, 2.24) is 10.6 Å². The van der Waals surface area contributed by atoms with Crippen LogP contribution in [0.15, 0.2) is 48.5 Å². The van der Waals surface area contributed by atoms with Crippen LogP contribution < -0.4 is 10.6 Å². The first-order valence-corrected chi connectivity index (χ1v) is 9.60. The number of carbonyl (C=O) groups excluding carboxylic acids is 2. The molecule has 7 heteroatoms. The van der Waals surface area contributed by atoms with Gasteiger partial charge in [0.05, 0.1) is 11.0 Å². The third-order valence-electron chi connectivity index (χ3n) is 4.66. The largest absolute Gasteiger partial charge is 0.348 e. The zero-order chi connectivity index (χ0) is 21.6. The van der Waals surface area contributed by atoms with Crippen molar-refractivity contribution in [2.45, 2.75) is 46.2 Å². The summed E-state index contributed by atoms with van der Waals surface area (Å²) in [5.41, 5.74) is 1.95. The second-order valence-corrected chi connectivity index (χ2v) is 7.55. The van der Waals surface area contributed by atoms with Crippen LogP contribution >= 0.6 is 0 Å². The number of amides is 2. The summed E-state index contributed by atoms with van der Waals surface area (Å²) in [6.07, 6.45) is 0.477. The molecule has 2 aromatic carbocycles. The molecule has 0 aliphatic rings. The molecule has 0 aliphatic heterocycles. The van der Waals surface area contributed by atoms with Crippen LogP contribution in [0.5, 0.6) is 0 Å². The van der Waals surface area contributed by atoms with E-state index in [2.05, 4.69) is 10.6 Å². The maximum Gasteiger partial charge on any atom is 0.269 e. The van der Waals surface area contributed by atoms with Crippen molar-refractivity contribution >= 4 is 17.5 Å². The maximum atomic E-state index is 12.9. The molecule has 2 amide bonds. The van der Waals surface area contributed by atoms with Gasteiger partial charge in [0, 0.05) is 17.7 Å². The lowest BCUT2D eigenvalue weighted by molar-refractivity contribution is -0.384. The zero-order valence-corrected chi connectivity index (χ0v) is 17.1. The van der Waals surface area contributed by atoms with Gasteiger partial charge in [-0.05, 0) is 43.4 Å². The minimum Gasteiger partial charge on any atom is -0.348 e. The van der Waals surface area contributed by atoms with E-state index in [4.69, 9.17) is 0 Å². The van der Waals surface area contributed by atoms with E-state index in [1.165, 1.54) is 12.1 Å². The van der Waals surface area contributed by atoms with Crippen molar-refractivity contribution in [1.29, 1.82) is 0 Å². The highest BCUT2D eigenvalue weighted by atomic mass is 16.6. The Hall–Kier alpha value is -3.22. The minimum atomic E-state index is -0.705. The fourth-order valence-corrected chi connectivity index (χ4v) is 3.07. The molecule has 0 spiro atoms. The molecule has 0 aliphatic carbocycles. The molecular weight excluding hydrogens is 370 g/mol. The third kappa shape index (κ3) is 6.14. The summed E-state index contributed by atoms with van der Waals surface area (Å²) in [4.78, 5) is 36.1. The highest BCUT2D eigenvalue weighted by molar-refractivity contribution is 5.98. The molecule has 154 valence electrons. The van der Waals surface area contributed by atoms with E-state index in [1.807, 2.05) is 32.9 Å². The summed E-state index contributed by atoms with van der Waals surface area (Å²) in [6, 6.07) is 12.2. The zero-order valence-electron chi connectivity index (χ0n) is 17.1. The standard InChI is InChI=1S/C22H27N3O4/c1-14(2)12-20(24-21(26)19-11-6-5-8-15(19)3)22(27)23-16(4)17-9-7-10-18(13-17)25(28)29/h5-11,13-14,16,20H,12H2,1-4H3,(H,23,27)(H,24,26). The molecule has 2 N–H and O–H groups in total. The van der Waals surface area contributed by atoms with Crippen LogP contribution in [0.3, 0.4) is 0 Å². The van der Waals surface area contributed by atoms with E-state index < -0.39 is 17.0 Å². The number of nitrogens with one attached hydrogen (secondary N) is 2. The normalized spacial score (nSPS) is 12.9. The summed E-state index contributed by atoms with van der Waals surface area (Å²) >= 11 is 0. The number of carbonyl (C=O) groups is 2. The van der Waals surface area contributed by atoms with Crippen molar-refractivity contribution in [3.8, 4) is 0 Å². The lowest BCUT2D eigenvalue weighted by Gasteiger charge is -2.23. The lowest BCUT2D eigenvalue weighted by Crippen LogP contribution is -2.48. The molecule has 2 unspecified atom stereocenters. The van der Waals surface area contributed by atoms with Gasteiger partial charge in [0.1, 0.15) is 6.04 Å². The average Bonchev–Trinajstić information content (AvgIpc) is 2.67. The Morgan fingerprint density at radius 2 is 1.72 bits per heavy atom. The van der Waals surface area contributed by atoms with Crippen molar-refractivity contribution in [2.24, 2.45) is 5.92 Å². The third-order valence-corrected chi connectivity index (χ3v) is 4.66. The van der Waals surface area contributed by atoms with E-state index >= 15 is 0 Å². The first-order valence-electron chi connectivity index (χ1n) is 9.60. The number of benzene rings is 2. The molecule has 0 aromatic heterocycles. The fraction of sp³-hybridized carbons (Fsp3) is 0.364. The van der Waals surface area contributed by atoms with Crippen LogP contribution in [-0.2, 0) is 4.79 Å². The molecule has 29 heavy (non-hydrogen) atoms. The number of nitro groups is 1. The smallest absolute Gasteiger partial charge is 0.269 e. The van der Waals surface area contributed by atoms with Gasteiger partial charge in [-0.15, -0.1) is 0 Å². The quantitative estimate of drug-likeness (QED) is 0.520. The monoisotopic (exact) mass is 397 g/mol. The summed E-state index contributed by atoms with van der Waals surface area (Å²) in [7, 11) is 0. The maximum absolute atomic E-state index is 12.9. The molecule has 0 radical (unpaired) electrons. The molecule has 0 bridgehead atoms. The Balaban J connectivity index is 2.14. The predicted octanol–water partition coefficient (Wildman–Crippen LogP) is 3.93.